The van der Waals surface area contributed by atoms with Crippen LogP contribution in [0.3, 0.4) is 0 Å². The molecule has 1 aliphatic heterocycles. The maximum Gasteiger partial charge on any atom is 0.345 e. The van der Waals surface area contributed by atoms with Crippen molar-refractivity contribution < 1.29 is 15.0 Å². The molecule has 1 fully saturated rings. The molecule has 0 amide bonds. The molecule has 1 aromatic carbocycles. The summed E-state index contributed by atoms with van der Waals surface area (Å²) in [7, 11) is 0. The van der Waals surface area contributed by atoms with Gasteiger partial charge in [-0.15, -0.1) is 0 Å². The second kappa shape index (κ2) is 7.16. The van der Waals surface area contributed by atoms with Crippen molar-refractivity contribution >= 4 is 16.9 Å². The van der Waals surface area contributed by atoms with Gasteiger partial charge in [0.25, 0.3) is 5.56 Å². The van der Waals surface area contributed by atoms with Gasteiger partial charge in [-0.05, 0) is 44.0 Å². The molecule has 2 aromatic heterocycles. The van der Waals surface area contributed by atoms with E-state index in [-0.39, 0.29) is 0 Å². The van der Waals surface area contributed by atoms with Crippen molar-refractivity contribution in [2.45, 2.75) is 32.7 Å². The highest BCUT2D eigenvalue weighted by Gasteiger charge is 2.22. The smallest absolute Gasteiger partial charge is 0.345 e. The van der Waals surface area contributed by atoms with E-state index in [0.29, 0.717) is 17.7 Å². The number of hydrogen-bond donors (Lipinski definition) is 4. The van der Waals surface area contributed by atoms with Crippen LogP contribution in [-0.2, 0) is 13.0 Å². The number of carboxylic acid groups (broad SMARTS) is 1. The van der Waals surface area contributed by atoms with Crippen molar-refractivity contribution in [2.24, 2.45) is 0 Å². The van der Waals surface area contributed by atoms with Crippen LogP contribution in [0.1, 0.15) is 41.3 Å². The van der Waals surface area contributed by atoms with E-state index < -0.39 is 22.8 Å². The molecule has 4 N–H and O–H groups in total. The molecule has 0 radical (unpaired) electrons. The normalized spacial score (nSPS) is 14.8. The first-order valence-corrected chi connectivity index (χ1v) is 9.53. The Kier molecular flexibility index (Phi) is 4.68. The van der Waals surface area contributed by atoms with Crippen LogP contribution in [0, 0.1) is 0 Å². The zero-order valence-electron chi connectivity index (χ0n) is 15.7. The highest BCUT2D eigenvalue weighted by atomic mass is 16.4. The number of aromatic carboxylic acids is 1. The molecule has 3 heterocycles. The third-order valence-electron chi connectivity index (χ3n) is 5.51. The SMILES string of the molecule is CCc1c(-c2ccc3c(CN4CCCC4)c[nH]c3c2)[nH]c(=O)c(C(=O)O)c1O. The number of aromatic nitrogens is 2. The van der Waals surface area contributed by atoms with E-state index in [1.807, 2.05) is 31.3 Å². The van der Waals surface area contributed by atoms with E-state index in [2.05, 4.69) is 14.9 Å². The minimum absolute atomic E-state index is 0.390. The van der Waals surface area contributed by atoms with Crippen LogP contribution in [0.4, 0.5) is 0 Å². The molecule has 7 nitrogen and oxygen atoms in total. The lowest BCUT2D eigenvalue weighted by atomic mass is 9.99. The fourth-order valence-corrected chi connectivity index (χ4v) is 4.07. The average molecular weight is 381 g/mol. The minimum Gasteiger partial charge on any atom is -0.506 e. The molecule has 0 atom stereocenters. The fraction of sp³-hybridized carbons (Fsp3) is 0.333. The molecule has 28 heavy (non-hydrogen) atoms. The predicted molar refractivity (Wildman–Crippen MR) is 107 cm³/mol. The van der Waals surface area contributed by atoms with Gasteiger partial charge < -0.3 is 20.2 Å². The molecule has 0 saturated carbocycles. The summed E-state index contributed by atoms with van der Waals surface area (Å²) >= 11 is 0. The van der Waals surface area contributed by atoms with Gasteiger partial charge in [-0.3, -0.25) is 9.69 Å². The first kappa shape index (κ1) is 18.3. The summed E-state index contributed by atoms with van der Waals surface area (Å²) in [5.41, 5.74) is 2.34. The van der Waals surface area contributed by atoms with Gasteiger partial charge in [-0.2, -0.15) is 0 Å². The number of benzene rings is 1. The highest BCUT2D eigenvalue weighted by Crippen LogP contribution is 2.32. The van der Waals surface area contributed by atoms with E-state index in [1.54, 1.807) is 0 Å². The van der Waals surface area contributed by atoms with Crippen molar-refractivity contribution in [1.29, 1.82) is 0 Å². The number of H-pyrrole nitrogens is 2. The Bertz CT molecular complexity index is 1110. The summed E-state index contributed by atoms with van der Waals surface area (Å²) in [5, 5.41) is 20.7. The second-order valence-electron chi connectivity index (χ2n) is 7.25. The summed E-state index contributed by atoms with van der Waals surface area (Å²) in [5.74, 6) is -1.90. The van der Waals surface area contributed by atoms with Crippen LogP contribution in [0.15, 0.2) is 29.2 Å². The van der Waals surface area contributed by atoms with E-state index >= 15 is 0 Å². The van der Waals surface area contributed by atoms with Crippen LogP contribution in [0.5, 0.6) is 5.75 Å². The lowest BCUT2D eigenvalue weighted by Crippen LogP contribution is -2.20. The molecule has 0 unspecified atom stereocenters. The summed E-state index contributed by atoms with van der Waals surface area (Å²) in [4.78, 5) is 31.9. The fourth-order valence-electron chi connectivity index (χ4n) is 4.07. The number of nitrogens with zero attached hydrogens (tertiary/aromatic N) is 1. The minimum atomic E-state index is -1.44. The molecule has 0 spiro atoms. The zero-order chi connectivity index (χ0) is 19.8. The average Bonchev–Trinajstić information content (AvgIpc) is 3.31. The number of hydrogen-bond acceptors (Lipinski definition) is 4. The summed E-state index contributed by atoms with van der Waals surface area (Å²) in [6.45, 7) is 4.97. The Labute approximate surface area is 161 Å². The van der Waals surface area contributed by atoms with Crippen molar-refractivity contribution in [3.05, 3.63) is 51.4 Å². The third-order valence-corrected chi connectivity index (χ3v) is 5.51. The number of rotatable bonds is 5. The van der Waals surface area contributed by atoms with Crippen molar-refractivity contribution in [3.63, 3.8) is 0 Å². The van der Waals surface area contributed by atoms with Crippen LogP contribution in [0.25, 0.3) is 22.2 Å². The first-order chi connectivity index (χ1) is 13.5. The number of fused-ring (bicyclic) bond motifs is 1. The zero-order valence-corrected chi connectivity index (χ0v) is 15.7. The number of likely N-dealkylation sites (tertiary alicyclic amines) is 1. The molecule has 1 saturated heterocycles. The standard InChI is InChI=1S/C21H23N3O4/c1-2-14-18(23-20(26)17(19(14)25)21(27)28)12-5-6-15-13(10-22-16(15)9-12)11-24-7-3-4-8-24/h5-6,9-10,22H,2-4,7-8,11H2,1H3,(H,27,28)(H2,23,25,26). The predicted octanol–water partition coefficient (Wildman–Crippen LogP) is 3.09. The lowest BCUT2D eigenvalue weighted by Gasteiger charge is -2.14. The quantitative estimate of drug-likeness (QED) is 0.543. The molecule has 1 aliphatic rings. The molecule has 4 rings (SSSR count). The Hall–Kier alpha value is -3.06. The van der Waals surface area contributed by atoms with E-state index in [1.165, 1.54) is 18.4 Å². The largest absolute Gasteiger partial charge is 0.506 e. The van der Waals surface area contributed by atoms with Gasteiger partial charge in [-0.25, -0.2) is 4.79 Å². The number of carbonyl (C=O) groups is 1. The van der Waals surface area contributed by atoms with E-state index in [0.717, 1.165) is 36.1 Å². The summed E-state index contributed by atoms with van der Waals surface area (Å²) in [6.07, 6.45) is 4.90. The Morgan fingerprint density at radius 3 is 2.68 bits per heavy atom. The highest BCUT2D eigenvalue weighted by molar-refractivity contribution is 5.93. The van der Waals surface area contributed by atoms with Gasteiger partial charge in [0.05, 0.1) is 5.69 Å². The number of nitrogens with one attached hydrogen (secondary N) is 2. The summed E-state index contributed by atoms with van der Waals surface area (Å²) < 4.78 is 0. The van der Waals surface area contributed by atoms with Gasteiger partial charge in [0, 0.05) is 34.8 Å². The molecular formula is C21H23N3O4. The number of aromatic hydroxyl groups is 1. The molecule has 146 valence electrons. The second-order valence-corrected chi connectivity index (χ2v) is 7.25. The Morgan fingerprint density at radius 2 is 2.00 bits per heavy atom. The number of carboxylic acids is 1. The van der Waals surface area contributed by atoms with Crippen LogP contribution in [0.2, 0.25) is 0 Å². The molecule has 0 aliphatic carbocycles. The Morgan fingerprint density at radius 1 is 1.25 bits per heavy atom. The van der Waals surface area contributed by atoms with Crippen molar-refractivity contribution in [2.75, 3.05) is 13.1 Å². The molecule has 3 aromatic rings. The molecular weight excluding hydrogens is 358 g/mol. The third kappa shape index (κ3) is 3.07. The first-order valence-electron chi connectivity index (χ1n) is 9.53. The van der Waals surface area contributed by atoms with Crippen molar-refractivity contribution in [3.8, 4) is 17.0 Å². The van der Waals surface area contributed by atoms with E-state index in [9.17, 15) is 19.8 Å². The van der Waals surface area contributed by atoms with Gasteiger partial charge in [0.15, 0.2) is 5.56 Å². The van der Waals surface area contributed by atoms with E-state index in [4.69, 9.17) is 0 Å². The number of pyridine rings is 1. The Balaban J connectivity index is 1.77. The van der Waals surface area contributed by atoms with Crippen LogP contribution < -0.4 is 5.56 Å². The van der Waals surface area contributed by atoms with Crippen molar-refractivity contribution in [1.82, 2.24) is 14.9 Å². The lowest BCUT2D eigenvalue weighted by molar-refractivity contribution is 0.0691. The van der Waals surface area contributed by atoms with Gasteiger partial charge in [0.2, 0.25) is 0 Å². The van der Waals surface area contributed by atoms with Crippen LogP contribution >= 0.6 is 0 Å². The maximum absolute atomic E-state index is 12.2. The topological polar surface area (TPSA) is 109 Å². The maximum atomic E-state index is 12.2. The van der Waals surface area contributed by atoms with Gasteiger partial charge >= 0.3 is 5.97 Å². The summed E-state index contributed by atoms with van der Waals surface area (Å²) in [6, 6.07) is 5.83. The number of aromatic amines is 2. The molecule has 7 heteroatoms. The monoisotopic (exact) mass is 381 g/mol. The van der Waals surface area contributed by atoms with Gasteiger partial charge in [0.1, 0.15) is 5.75 Å². The molecule has 0 bridgehead atoms. The van der Waals surface area contributed by atoms with Gasteiger partial charge in [-0.1, -0.05) is 19.1 Å². The van der Waals surface area contributed by atoms with Crippen LogP contribution in [-0.4, -0.2) is 44.1 Å².